The second-order valence-corrected chi connectivity index (χ2v) is 7.01. The monoisotopic (exact) mass is 405 g/mol. The van der Waals surface area contributed by atoms with Crippen molar-refractivity contribution in [2.45, 2.75) is 26.3 Å². The summed E-state index contributed by atoms with van der Waals surface area (Å²) in [5.74, 6) is -0.939. The molecular weight excluding hydrogens is 381 g/mol. The maximum atomic E-state index is 13.8. The maximum absolute atomic E-state index is 13.8. The summed E-state index contributed by atoms with van der Waals surface area (Å²) in [6, 6.07) is 11.1. The number of carbonyl (C=O) groups is 2. The van der Waals surface area contributed by atoms with Crippen molar-refractivity contribution in [1.82, 2.24) is 10.6 Å². The smallest absolute Gasteiger partial charge is 0.258 e. The van der Waals surface area contributed by atoms with Gasteiger partial charge in [0.2, 0.25) is 0 Å². The van der Waals surface area contributed by atoms with Crippen LogP contribution in [0.4, 0.5) is 10.1 Å². The summed E-state index contributed by atoms with van der Waals surface area (Å²) in [5.41, 5.74) is 1.73. The molecule has 0 spiro atoms. The molecule has 7 heteroatoms. The van der Waals surface area contributed by atoms with Crippen LogP contribution in [0.2, 0.25) is 0 Å². The molecule has 3 rings (SSSR count). The van der Waals surface area contributed by atoms with Crippen LogP contribution in [0.25, 0.3) is 0 Å². The Labute approximate surface area is 170 Å². The third kappa shape index (κ3) is 5.09. The van der Waals surface area contributed by atoms with Gasteiger partial charge in [-0.3, -0.25) is 9.59 Å². The number of piperidine rings is 1. The average molecular weight is 406 g/mol. The minimum Gasteiger partial charge on any atom is -0.349 e. The third-order valence-electron chi connectivity index (χ3n) is 4.97. The third-order valence-corrected chi connectivity index (χ3v) is 4.97. The quantitative estimate of drug-likeness (QED) is 0.728. The molecule has 150 valence electrons. The molecule has 5 nitrogen and oxygen atoms in total. The van der Waals surface area contributed by atoms with E-state index in [0.29, 0.717) is 17.2 Å². The molecule has 0 aliphatic carbocycles. The Bertz CT molecular complexity index is 859. The van der Waals surface area contributed by atoms with Crippen molar-refractivity contribution in [3.63, 3.8) is 0 Å². The number of hydrogen-bond acceptors (Lipinski definition) is 3. The van der Waals surface area contributed by atoms with Crippen molar-refractivity contribution in [3.05, 3.63) is 65.0 Å². The van der Waals surface area contributed by atoms with Crippen LogP contribution in [-0.4, -0.2) is 30.9 Å². The topological polar surface area (TPSA) is 70.2 Å². The number of nitrogens with one attached hydrogen (secondary N) is 3. The van der Waals surface area contributed by atoms with Gasteiger partial charge < -0.3 is 16.0 Å². The van der Waals surface area contributed by atoms with Crippen molar-refractivity contribution in [2.24, 2.45) is 5.92 Å². The summed E-state index contributed by atoms with van der Waals surface area (Å²) in [4.78, 5) is 25.0. The summed E-state index contributed by atoms with van der Waals surface area (Å²) < 4.78 is 13.8. The fourth-order valence-electron chi connectivity index (χ4n) is 3.21. The van der Waals surface area contributed by atoms with Gasteiger partial charge in [0.1, 0.15) is 5.82 Å². The van der Waals surface area contributed by atoms with Crippen molar-refractivity contribution in [2.75, 3.05) is 18.4 Å². The predicted octanol–water partition coefficient (Wildman–Crippen LogP) is 3.54. The number of halogens is 2. The first-order valence-electron chi connectivity index (χ1n) is 9.14. The van der Waals surface area contributed by atoms with Crippen LogP contribution in [-0.2, 0) is 0 Å². The second-order valence-electron chi connectivity index (χ2n) is 7.01. The molecule has 28 heavy (non-hydrogen) atoms. The first kappa shape index (κ1) is 21.9. The SMILES string of the molecule is Cc1ccc(C(=O)NC2CCNCC2C)cc1NC(=O)c1ccccc1F.Cl. The molecule has 1 aliphatic rings. The molecule has 1 fully saturated rings. The minimum atomic E-state index is -0.582. The van der Waals surface area contributed by atoms with Crippen molar-refractivity contribution >= 4 is 29.9 Å². The van der Waals surface area contributed by atoms with E-state index < -0.39 is 11.7 Å². The van der Waals surface area contributed by atoms with Gasteiger partial charge in [0.25, 0.3) is 11.8 Å². The minimum absolute atomic E-state index is 0. The molecule has 1 heterocycles. The molecule has 2 atom stereocenters. The van der Waals surface area contributed by atoms with E-state index in [1.807, 2.05) is 6.92 Å². The maximum Gasteiger partial charge on any atom is 0.258 e. The van der Waals surface area contributed by atoms with Gasteiger partial charge in [-0.2, -0.15) is 0 Å². The Kier molecular flexibility index (Phi) is 7.54. The van der Waals surface area contributed by atoms with Gasteiger partial charge in [0.15, 0.2) is 0 Å². The van der Waals surface area contributed by atoms with Crippen LogP contribution in [0.1, 0.15) is 39.6 Å². The van der Waals surface area contributed by atoms with Crippen LogP contribution in [0.15, 0.2) is 42.5 Å². The van der Waals surface area contributed by atoms with E-state index in [-0.39, 0.29) is 29.9 Å². The lowest BCUT2D eigenvalue weighted by molar-refractivity contribution is 0.0913. The van der Waals surface area contributed by atoms with E-state index in [0.717, 1.165) is 25.1 Å². The highest BCUT2D eigenvalue weighted by Gasteiger charge is 2.23. The van der Waals surface area contributed by atoms with Crippen molar-refractivity contribution in [3.8, 4) is 0 Å². The molecule has 2 amide bonds. The lowest BCUT2D eigenvalue weighted by Crippen LogP contribution is -2.48. The Balaban J connectivity index is 0.00000280. The summed E-state index contributed by atoms with van der Waals surface area (Å²) in [7, 11) is 0. The van der Waals surface area contributed by atoms with Gasteiger partial charge in [0.05, 0.1) is 5.56 Å². The summed E-state index contributed by atoms with van der Waals surface area (Å²) in [6.45, 7) is 5.69. The van der Waals surface area contributed by atoms with Crippen molar-refractivity contribution in [1.29, 1.82) is 0 Å². The van der Waals surface area contributed by atoms with E-state index in [1.165, 1.54) is 18.2 Å². The first-order valence-corrected chi connectivity index (χ1v) is 9.14. The van der Waals surface area contributed by atoms with Gasteiger partial charge >= 0.3 is 0 Å². The lowest BCUT2D eigenvalue weighted by Gasteiger charge is -2.30. The molecule has 3 N–H and O–H groups in total. The molecule has 0 aromatic heterocycles. The highest BCUT2D eigenvalue weighted by Crippen LogP contribution is 2.20. The Hall–Kier alpha value is -2.44. The zero-order valence-electron chi connectivity index (χ0n) is 15.9. The normalized spacial score (nSPS) is 18.7. The molecule has 0 radical (unpaired) electrons. The Morgan fingerprint density at radius 2 is 1.89 bits per heavy atom. The standard InChI is InChI=1S/C21H24FN3O2.ClH/c1-13-7-8-15(20(26)24-18-9-10-23-12-14(18)2)11-19(13)25-21(27)16-5-3-4-6-17(16)22;/h3-8,11,14,18,23H,9-10,12H2,1-2H3,(H,24,26)(H,25,27);1H. The number of benzene rings is 2. The molecule has 2 aromatic rings. The van der Waals surface area contributed by atoms with Gasteiger partial charge in [0, 0.05) is 17.3 Å². The molecule has 0 saturated carbocycles. The molecule has 2 unspecified atom stereocenters. The predicted molar refractivity (Wildman–Crippen MR) is 111 cm³/mol. The number of rotatable bonds is 4. The fraction of sp³-hybridized carbons (Fsp3) is 0.333. The van der Waals surface area contributed by atoms with E-state index in [1.54, 1.807) is 24.3 Å². The van der Waals surface area contributed by atoms with Crippen LogP contribution < -0.4 is 16.0 Å². The number of aryl methyl sites for hydroxylation is 1. The van der Waals surface area contributed by atoms with Crippen molar-refractivity contribution < 1.29 is 14.0 Å². The number of anilines is 1. The number of carbonyl (C=O) groups excluding carboxylic acids is 2. The summed E-state index contributed by atoms with van der Waals surface area (Å²) >= 11 is 0. The molecule has 1 aliphatic heterocycles. The van der Waals surface area contributed by atoms with Gasteiger partial charge in [-0.05, 0) is 62.2 Å². The van der Waals surface area contributed by atoms with Crippen LogP contribution in [0.3, 0.4) is 0 Å². The molecule has 2 aromatic carbocycles. The molecule has 0 bridgehead atoms. The Morgan fingerprint density at radius 3 is 2.61 bits per heavy atom. The molecule has 1 saturated heterocycles. The average Bonchev–Trinajstić information content (AvgIpc) is 2.65. The van der Waals surface area contributed by atoms with E-state index in [4.69, 9.17) is 0 Å². The van der Waals surface area contributed by atoms with E-state index >= 15 is 0 Å². The highest BCUT2D eigenvalue weighted by atomic mass is 35.5. The van der Waals surface area contributed by atoms with Crippen LogP contribution in [0.5, 0.6) is 0 Å². The first-order chi connectivity index (χ1) is 13.0. The fourth-order valence-corrected chi connectivity index (χ4v) is 3.21. The largest absolute Gasteiger partial charge is 0.349 e. The van der Waals surface area contributed by atoms with Crippen LogP contribution >= 0.6 is 12.4 Å². The molecular formula is C21H25ClFN3O2. The van der Waals surface area contributed by atoms with E-state index in [2.05, 4.69) is 22.9 Å². The van der Waals surface area contributed by atoms with Gasteiger partial charge in [-0.15, -0.1) is 12.4 Å². The van der Waals surface area contributed by atoms with Crippen LogP contribution in [0, 0.1) is 18.7 Å². The van der Waals surface area contributed by atoms with Gasteiger partial charge in [-0.25, -0.2) is 4.39 Å². The lowest BCUT2D eigenvalue weighted by atomic mass is 9.95. The number of hydrogen-bond donors (Lipinski definition) is 3. The zero-order chi connectivity index (χ0) is 19.4. The summed E-state index contributed by atoms with van der Waals surface area (Å²) in [5, 5.41) is 9.09. The number of amides is 2. The van der Waals surface area contributed by atoms with Gasteiger partial charge in [-0.1, -0.05) is 25.1 Å². The Morgan fingerprint density at radius 1 is 1.14 bits per heavy atom. The second kappa shape index (κ2) is 9.66. The summed E-state index contributed by atoms with van der Waals surface area (Å²) in [6.07, 6.45) is 0.885. The van der Waals surface area contributed by atoms with E-state index in [9.17, 15) is 14.0 Å². The zero-order valence-corrected chi connectivity index (χ0v) is 16.7. The highest BCUT2D eigenvalue weighted by molar-refractivity contribution is 6.05.